The summed E-state index contributed by atoms with van der Waals surface area (Å²) in [4.78, 5) is 14.8. The normalized spacial score (nSPS) is 12.5. The first-order valence-electron chi connectivity index (χ1n) is 3.05. The average Bonchev–Trinajstić information content (AvgIpc) is 2.34. The quantitative estimate of drug-likeness (QED) is 0.553. The van der Waals surface area contributed by atoms with Crippen LogP contribution in [0.15, 0.2) is 29.3 Å². The highest BCUT2D eigenvalue weighted by atomic mass is 16.1. The van der Waals surface area contributed by atoms with E-state index in [1.54, 1.807) is 6.07 Å². The number of fused-ring (bicyclic) bond motifs is 1. The molecule has 1 aliphatic heterocycles. The molecule has 0 radical (unpaired) electrons. The number of aliphatic imine (C=N–C) groups is 1. The van der Waals surface area contributed by atoms with Crippen LogP contribution < -0.4 is 0 Å². The lowest BCUT2D eigenvalue weighted by Gasteiger charge is -1.90. The van der Waals surface area contributed by atoms with Crippen molar-refractivity contribution in [2.75, 3.05) is 0 Å². The number of hydrogen-bond acceptors (Lipinski definition) is 2. The predicted octanol–water partition coefficient (Wildman–Crippen LogP) is 2.22. The van der Waals surface area contributed by atoms with Crippen LogP contribution in [0, 0.1) is 0 Å². The van der Waals surface area contributed by atoms with Crippen LogP contribution in [0.3, 0.4) is 0 Å². The van der Waals surface area contributed by atoms with Gasteiger partial charge in [0.1, 0.15) is 0 Å². The maximum atomic E-state index is 10.9. The zero-order chi connectivity index (χ0) is 6.97. The summed E-state index contributed by atoms with van der Waals surface area (Å²) in [6.07, 6.45) is 1.35. The largest absolute Gasteiger partial charge is 0.287 e. The Hall–Kier alpha value is -1.44. The molecule has 2 heteroatoms. The van der Waals surface area contributed by atoms with Gasteiger partial charge in [-0.2, -0.15) is 0 Å². The summed E-state index contributed by atoms with van der Waals surface area (Å²) in [7, 11) is 0. The highest BCUT2D eigenvalue weighted by Gasteiger charge is 2.12. The zero-order valence-electron chi connectivity index (χ0n) is 5.24. The monoisotopic (exact) mass is 147 g/mol. The summed E-state index contributed by atoms with van der Waals surface area (Å²) < 4.78 is 0. The van der Waals surface area contributed by atoms with Crippen molar-refractivity contribution in [2.45, 2.75) is 7.43 Å². The second-order valence-corrected chi connectivity index (χ2v) is 2.14. The van der Waals surface area contributed by atoms with Crippen LogP contribution in [0.5, 0.6) is 0 Å². The first-order chi connectivity index (χ1) is 4.88. The second kappa shape index (κ2) is 2.66. The van der Waals surface area contributed by atoms with Gasteiger partial charge in [-0.25, -0.2) is 0 Å². The van der Waals surface area contributed by atoms with Gasteiger partial charge < -0.3 is 0 Å². The fourth-order valence-electron chi connectivity index (χ4n) is 0.992. The third-order valence-electron chi connectivity index (χ3n) is 1.49. The summed E-state index contributed by atoms with van der Waals surface area (Å²) in [5.41, 5.74) is 1.50. The Bertz CT molecular complexity index is 315. The fraction of sp³-hybridized carbons (Fsp3) is 0.111. The summed E-state index contributed by atoms with van der Waals surface area (Å²) in [6, 6.07) is 7.32. The van der Waals surface area contributed by atoms with Crippen LogP contribution in [0.2, 0.25) is 0 Å². The summed E-state index contributed by atoms with van der Waals surface area (Å²) in [5, 5.41) is 0. The van der Waals surface area contributed by atoms with Crippen LogP contribution in [0.4, 0.5) is 5.69 Å². The third kappa shape index (κ3) is 1.07. The Balaban J connectivity index is 0.000000605. The Morgan fingerprint density at radius 2 is 1.91 bits per heavy atom. The van der Waals surface area contributed by atoms with Gasteiger partial charge in [-0.1, -0.05) is 19.6 Å². The van der Waals surface area contributed by atoms with E-state index in [1.165, 1.54) is 6.21 Å². The van der Waals surface area contributed by atoms with Crippen molar-refractivity contribution in [3.63, 3.8) is 0 Å². The van der Waals surface area contributed by atoms with E-state index in [1.807, 2.05) is 18.2 Å². The first kappa shape index (κ1) is 7.66. The molecule has 0 unspecified atom stereocenters. The lowest BCUT2D eigenvalue weighted by molar-refractivity contribution is 0.107. The smallest absolute Gasteiger partial charge is 0.206 e. The summed E-state index contributed by atoms with van der Waals surface area (Å²) in [6.45, 7) is 0. The summed E-state index contributed by atoms with van der Waals surface area (Å²) >= 11 is 0. The molecule has 1 aromatic carbocycles. The molecule has 1 aromatic rings. The standard InChI is InChI=1S/C8H5NO.CH4/c10-8-5-9-7-4-2-1-3-6(7)8;/h1-5H;1H4. The first-order valence-corrected chi connectivity index (χ1v) is 3.05. The Morgan fingerprint density at radius 1 is 1.18 bits per heavy atom. The van der Waals surface area contributed by atoms with E-state index >= 15 is 0 Å². The maximum Gasteiger partial charge on any atom is 0.206 e. The van der Waals surface area contributed by atoms with E-state index in [2.05, 4.69) is 4.99 Å². The van der Waals surface area contributed by atoms with E-state index in [0.717, 1.165) is 5.69 Å². The van der Waals surface area contributed by atoms with Crippen LogP contribution in [-0.2, 0) is 0 Å². The number of carbonyl (C=O) groups is 1. The number of ketones is 1. The highest BCUT2D eigenvalue weighted by Crippen LogP contribution is 2.22. The number of benzene rings is 1. The Labute approximate surface area is 65.6 Å². The van der Waals surface area contributed by atoms with Gasteiger partial charge in [-0.05, 0) is 12.1 Å². The molecule has 2 rings (SSSR count). The zero-order valence-corrected chi connectivity index (χ0v) is 5.24. The molecule has 0 N–H and O–H groups in total. The van der Waals surface area contributed by atoms with Gasteiger partial charge >= 0.3 is 0 Å². The lowest BCUT2D eigenvalue weighted by atomic mass is 10.1. The predicted molar refractivity (Wildman–Crippen MR) is 45.7 cm³/mol. The topological polar surface area (TPSA) is 29.4 Å². The van der Waals surface area contributed by atoms with Crippen molar-refractivity contribution >= 4 is 17.7 Å². The van der Waals surface area contributed by atoms with Crippen molar-refractivity contribution in [3.05, 3.63) is 29.8 Å². The molecule has 0 aromatic heterocycles. The number of para-hydroxylation sites is 1. The van der Waals surface area contributed by atoms with Crippen molar-refractivity contribution in [3.8, 4) is 0 Å². The third-order valence-corrected chi connectivity index (χ3v) is 1.49. The molecule has 0 saturated heterocycles. The average molecular weight is 147 g/mol. The molecular weight excluding hydrogens is 138 g/mol. The van der Waals surface area contributed by atoms with Crippen molar-refractivity contribution in [1.82, 2.24) is 0 Å². The molecule has 0 bridgehead atoms. The lowest BCUT2D eigenvalue weighted by Crippen LogP contribution is -1.92. The maximum absolute atomic E-state index is 10.9. The minimum absolute atomic E-state index is 0. The van der Waals surface area contributed by atoms with E-state index in [4.69, 9.17) is 0 Å². The van der Waals surface area contributed by atoms with E-state index < -0.39 is 0 Å². The number of nitrogens with zero attached hydrogens (tertiary/aromatic N) is 1. The molecule has 0 spiro atoms. The van der Waals surface area contributed by atoms with Gasteiger partial charge in [-0.3, -0.25) is 9.79 Å². The van der Waals surface area contributed by atoms with E-state index in [9.17, 15) is 4.79 Å². The molecular formula is C9H9NO. The van der Waals surface area contributed by atoms with Gasteiger partial charge in [0.15, 0.2) is 0 Å². The van der Waals surface area contributed by atoms with Crippen LogP contribution in [0.1, 0.15) is 17.8 Å². The number of carbonyl (C=O) groups excluding carboxylic acids is 1. The fourth-order valence-corrected chi connectivity index (χ4v) is 0.992. The van der Waals surface area contributed by atoms with Crippen LogP contribution >= 0.6 is 0 Å². The van der Waals surface area contributed by atoms with Gasteiger partial charge in [-0.15, -0.1) is 0 Å². The van der Waals surface area contributed by atoms with Crippen LogP contribution in [-0.4, -0.2) is 12.0 Å². The minimum Gasteiger partial charge on any atom is -0.287 e. The van der Waals surface area contributed by atoms with Crippen molar-refractivity contribution in [1.29, 1.82) is 0 Å². The molecule has 1 aliphatic rings. The molecule has 0 aliphatic carbocycles. The molecule has 0 atom stereocenters. The summed E-state index contributed by atoms with van der Waals surface area (Å²) in [5.74, 6) is 0.00981. The van der Waals surface area contributed by atoms with Gasteiger partial charge in [0.05, 0.1) is 11.9 Å². The van der Waals surface area contributed by atoms with Crippen molar-refractivity contribution in [2.24, 2.45) is 4.99 Å². The van der Waals surface area contributed by atoms with Crippen LogP contribution in [0.25, 0.3) is 0 Å². The molecule has 56 valence electrons. The Morgan fingerprint density at radius 3 is 2.64 bits per heavy atom. The minimum atomic E-state index is 0. The number of Topliss-reactive ketones (excluding diaryl/α,β-unsaturated/α-hetero) is 1. The second-order valence-electron chi connectivity index (χ2n) is 2.14. The van der Waals surface area contributed by atoms with E-state index in [0.29, 0.717) is 5.56 Å². The van der Waals surface area contributed by atoms with Gasteiger partial charge in [0.25, 0.3) is 0 Å². The Kier molecular flexibility index (Phi) is 1.85. The SMILES string of the molecule is C.O=C1C=Nc2ccccc21. The molecule has 0 amide bonds. The van der Waals surface area contributed by atoms with E-state index in [-0.39, 0.29) is 13.2 Å². The number of rotatable bonds is 0. The molecule has 0 saturated carbocycles. The number of hydrogen-bond donors (Lipinski definition) is 0. The van der Waals surface area contributed by atoms with Gasteiger partial charge in [0.2, 0.25) is 5.78 Å². The van der Waals surface area contributed by atoms with Crippen molar-refractivity contribution < 1.29 is 4.79 Å². The molecule has 11 heavy (non-hydrogen) atoms. The highest BCUT2D eigenvalue weighted by molar-refractivity contribution is 6.39. The molecule has 2 nitrogen and oxygen atoms in total. The van der Waals surface area contributed by atoms with Gasteiger partial charge in [0, 0.05) is 5.56 Å². The molecule has 1 heterocycles. The molecule has 0 fully saturated rings.